The van der Waals surface area contributed by atoms with Gasteiger partial charge in [0, 0.05) is 10.9 Å². The third-order valence-electron chi connectivity index (χ3n) is 3.06. The molecule has 0 bridgehead atoms. The maximum atomic E-state index is 13.6. The molecule has 0 saturated carbocycles. The summed E-state index contributed by atoms with van der Waals surface area (Å²) < 4.78 is 13.6. The summed E-state index contributed by atoms with van der Waals surface area (Å²) >= 11 is 0. The van der Waals surface area contributed by atoms with Gasteiger partial charge in [0.25, 0.3) is 0 Å². The van der Waals surface area contributed by atoms with Crippen LogP contribution in [0.4, 0.5) is 10.2 Å². The minimum atomic E-state index is -0.271. The van der Waals surface area contributed by atoms with Gasteiger partial charge in [-0.15, -0.1) is 0 Å². The second-order valence-corrected chi connectivity index (χ2v) is 4.41. The van der Waals surface area contributed by atoms with E-state index in [4.69, 9.17) is 5.73 Å². The molecule has 1 heterocycles. The van der Waals surface area contributed by atoms with Crippen LogP contribution in [0.2, 0.25) is 0 Å². The Morgan fingerprint density at radius 2 is 1.84 bits per heavy atom. The van der Waals surface area contributed by atoms with Gasteiger partial charge in [-0.3, -0.25) is 0 Å². The van der Waals surface area contributed by atoms with E-state index in [1.807, 2.05) is 24.3 Å². The molecule has 0 saturated heterocycles. The van der Waals surface area contributed by atoms with Crippen LogP contribution >= 0.6 is 0 Å². The second kappa shape index (κ2) is 4.31. The van der Waals surface area contributed by atoms with Crippen molar-refractivity contribution in [1.29, 1.82) is 0 Å². The number of nitrogen functional groups attached to an aromatic ring is 1. The molecule has 19 heavy (non-hydrogen) atoms. The SMILES string of the molecule is Cc1ccc(-c2nc(N)c3ccccc3n2)cc1F. The molecular formula is C15H12FN3. The van der Waals surface area contributed by atoms with Crippen molar-refractivity contribution < 1.29 is 4.39 Å². The highest BCUT2D eigenvalue weighted by Gasteiger charge is 2.08. The van der Waals surface area contributed by atoms with Gasteiger partial charge in [0.15, 0.2) is 5.82 Å². The molecule has 0 amide bonds. The molecule has 0 radical (unpaired) electrons. The highest BCUT2D eigenvalue weighted by Crippen LogP contribution is 2.24. The number of hydrogen-bond acceptors (Lipinski definition) is 3. The predicted octanol–water partition coefficient (Wildman–Crippen LogP) is 3.33. The van der Waals surface area contributed by atoms with Crippen LogP contribution in [0, 0.1) is 12.7 Å². The van der Waals surface area contributed by atoms with E-state index in [-0.39, 0.29) is 5.82 Å². The normalized spacial score (nSPS) is 10.8. The van der Waals surface area contributed by atoms with Crippen molar-refractivity contribution in [3.63, 3.8) is 0 Å². The fraction of sp³-hybridized carbons (Fsp3) is 0.0667. The summed E-state index contributed by atoms with van der Waals surface area (Å²) in [6.07, 6.45) is 0. The molecule has 0 atom stereocenters. The quantitative estimate of drug-likeness (QED) is 0.723. The maximum Gasteiger partial charge on any atom is 0.162 e. The van der Waals surface area contributed by atoms with Crippen LogP contribution in [-0.4, -0.2) is 9.97 Å². The Labute approximate surface area is 109 Å². The first kappa shape index (κ1) is 11.6. The summed E-state index contributed by atoms with van der Waals surface area (Å²) in [5.74, 6) is 0.574. The number of anilines is 1. The van der Waals surface area contributed by atoms with Crippen molar-refractivity contribution in [3.05, 3.63) is 53.8 Å². The Morgan fingerprint density at radius 1 is 1.05 bits per heavy atom. The number of hydrogen-bond donors (Lipinski definition) is 1. The molecule has 0 aliphatic heterocycles. The van der Waals surface area contributed by atoms with Gasteiger partial charge in [0.2, 0.25) is 0 Å². The van der Waals surface area contributed by atoms with E-state index in [2.05, 4.69) is 9.97 Å². The van der Waals surface area contributed by atoms with E-state index >= 15 is 0 Å². The fourth-order valence-electron chi connectivity index (χ4n) is 1.96. The van der Waals surface area contributed by atoms with Crippen LogP contribution in [0.3, 0.4) is 0 Å². The molecule has 4 heteroatoms. The lowest BCUT2D eigenvalue weighted by atomic mass is 10.1. The number of nitrogens with two attached hydrogens (primary N) is 1. The summed E-state index contributed by atoms with van der Waals surface area (Å²) in [4.78, 5) is 8.66. The molecule has 0 fully saturated rings. The van der Waals surface area contributed by atoms with Crippen molar-refractivity contribution in [2.45, 2.75) is 6.92 Å². The number of nitrogens with zero attached hydrogens (tertiary/aromatic N) is 2. The lowest BCUT2D eigenvalue weighted by Crippen LogP contribution is -1.98. The lowest BCUT2D eigenvalue weighted by Gasteiger charge is -2.06. The molecule has 3 aromatic rings. The maximum absolute atomic E-state index is 13.6. The Hall–Kier alpha value is -2.49. The summed E-state index contributed by atoms with van der Waals surface area (Å²) in [5, 5.41) is 0.804. The number of halogens is 1. The smallest absolute Gasteiger partial charge is 0.162 e. The van der Waals surface area contributed by atoms with Crippen LogP contribution in [0.15, 0.2) is 42.5 Å². The van der Waals surface area contributed by atoms with Crippen LogP contribution in [0.1, 0.15) is 5.56 Å². The average molecular weight is 253 g/mol. The highest BCUT2D eigenvalue weighted by molar-refractivity contribution is 5.89. The van der Waals surface area contributed by atoms with Gasteiger partial charge < -0.3 is 5.73 Å². The minimum absolute atomic E-state index is 0.271. The molecule has 0 aliphatic rings. The minimum Gasteiger partial charge on any atom is -0.383 e. The van der Waals surface area contributed by atoms with Crippen LogP contribution in [0.25, 0.3) is 22.3 Å². The Kier molecular flexibility index (Phi) is 2.63. The van der Waals surface area contributed by atoms with Gasteiger partial charge >= 0.3 is 0 Å². The molecule has 2 aromatic carbocycles. The number of aromatic nitrogens is 2. The van der Waals surface area contributed by atoms with Crippen molar-refractivity contribution in [2.24, 2.45) is 0 Å². The predicted molar refractivity (Wildman–Crippen MR) is 74.1 cm³/mol. The van der Waals surface area contributed by atoms with E-state index in [0.717, 1.165) is 10.9 Å². The van der Waals surface area contributed by atoms with Crippen LogP contribution in [-0.2, 0) is 0 Å². The van der Waals surface area contributed by atoms with E-state index in [1.165, 1.54) is 6.07 Å². The molecule has 3 nitrogen and oxygen atoms in total. The molecule has 0 spiro atoms. The van der Waals surface area contributed by atoms with E-state index < -0.39 is 0 Å². The molecule has 94 valence electrons. The topological polar surface area (TPSA) is 51.8 Å². The van der Waals surface area contributed by atoms with Crippen molar-refractivity contribution in [3.8, 4) is 11.4 Å². The first-order valence-corrected chi connectivity index (χ1v) is 5.94. The Morgan fingerprint density at radius 3 is 2.63 bits per heavy atom. The zero-order valence-corrected chi connectivity index (χ0v) is 10.4. The summed E-state index contributed by atoms with van der Waals surface area (Å²) in [6.45, 7) is 1.72. The summed E-state index contributed by atoms with van der Waals surface area (Å²) in [7, 11) is 0. The van der Waals surface area contributed by atoms with Crippen molar-refractivity contribution in [2.75, 3.05) is 5.73 Å². The Balaban J connectivity index is 2.22. The third kappa shape index (κ3) is 2.01. The largest absolute Gasteiger partial charge is 0.383 e. The van der Waals surface area contributed by atoms with Gasteiger partial charge in [0.05, 0.1) is 5.52 Å². The summed E-state index contributed by atoms with van der Waals surface area (Å²) in [6, 6.07) is 12.4. The number of para-hydroxylation sites is 1. The standard InChI is InChI=1S/C15H12FN3/c1-9-6-7-10(8-12(9)16)15-18-13-5-3-2-4-11(13)14(17)19-15/h2-8H,1H3,(H2,17,18,19). The number of fused-ring (bicyclic) bond motifs is 1. The number of rotatable bonds is 1. The lowest BCUT2D eigenvalue weighted by molar-refractivity contribution is 0.619. The average Bonchev–Trinajstić information content (AvgIpc) is 2.42. The fourth-order valence-corrected chi connectivity index (χ4v) is 1.96. The number of benzene rings is 2. The van der Waals surface area contributed by atoms with Gasteiger partial charge in [-0.1, -0.05) is 24.3 Å². The Bertz CT molecular complexity index is 768. The molecular weight excluding hydrogens is 241 g/mol. The van der Waals surface area contributed by atoms with Gasteiger partial charge in [-0.05, 0) is 30.7 Å². The first-order chi connectivity index (χ1) is 9.15. The first-order valence-electron chi connectivity index (χ1n) is 5.94. The summed E-state index contributed by atoms with van der Waals surface area (Å²) in [5.41, 5.74) is 7.89. The zero-order chi connectivity index (χ0) is 13.4. The molecule has 0 aliphatic carbocycles. The zero-order valence-electron chi connectivity index (χ0n) is 10.4. The monoisotopic (exact) mass is 253 g/mol. The molecule has 1 aromatic heterocycles. The van der Waals surface area contributed by atoms with Crippen LogP contribution in [0.5, 0.6) is 0 Å². The van der Waals surface area contributed by atoms with Gasteiger partial charge in [0.1, 0.15) is 11.6 Å². The van der Waals surface area contributed by atoms with Crippen molar-refractivity contribution >= 4 is 16.7 Å². The number of aryl methyl sites for hydroxylation is 1. The second-order valence-electron chi connectivity index (χ2n) is 4.41. The van der Waals surface area contributed by atoms with Crippen molar-refractivity contribution in [1.82, 2.24) is 9.97 Å². The molecule has 3 rings (SSSR count). The van der Waals surface area contributed by atoms with E-state index in [9.17, 15) is 4.39 Å². The van der Waals surface area contributed by atoms with E-state index in [1.54, 1.807) is 19.1 Å². The van der Waals surface area contributed by atoms with E-state index in [0.29, 0.717) is 22.8 Å². The molecule has 0 unspecified atom stereocenters. The third-order valence-corrected chi connectivity index (χ3v) is 3.06. The highest BCUT2D eigenvalue weighted by atomic mass is 19.1. The van der Waals surface area contributed by atoms with Gasteiger partial charge in [-0.2, -0.15) is 0 Å². The molecule has 2 N–H and O–H groups in total. The van der Waals surface area contributed by atoms with Gasteiger partial charge in [-0.25, -0.2) is 14.4 Å². The van der Waals surface area contributed by atoms with Crippen LogP contribution < -0.4 is 5.73 Å².